The third kappa shape index (κ3) is 3.31. The molecular formula is C16H24N2O2. The van der Waals surface area contributed by atoms with Gasteiger partial charge in [-0.05, 0) is 36.5 Å². The van der Waals surface area contributed by atoms with E-state index >= 15 is 0 Å². The first-order valence-electron chi connectivity index (χ1n) is 7.31. The number of rotatable bonds is 4. The zero-order chi connectivity index (χ0) is 14.7. The van der Waals surface area contributed by atoms with Crippen LogP contribution in [0.3, 0.4) is 0 Å². The zero-order valence-electron chi connectivity index (χ0n) is 12.5. The molecule has 0 aromatic heterocycles. The lowest BCUT2D eigenvalue weighted by molar-refractivity contribution is -0.114. The van der Waals surface area contributed by atoms with Gasteiger partial charge in [0.15, 0.2) is 0 Å². The van der Waals surface area contributed by atoms with E-state index in [2.05, 4.69) is 16.3 Å². The van der Waals surface area contributed by atoms with E-state index in [9.17, 15) is 9.90 Å². The van der Waals surface area contributed by atoms with E-state index in [4.69, 9.17) is 0 Å². The second-order valence-electron chi connectivity index (χ2n) is 5.85. The summed E-state index contributed by atoms with van der Waals surface area (Å²) in [6.07, 6.45) is 1.69. The maximum atomic E-state index is 11.3. The van der Waals surface area contributed by atoms with E-state index in [1.807, 2.05) is 26.0 Å². The summed E-state index contributed by atoms with van der Waals surface area (Å²) in [4.78, 5) is 13.5. The molecule has 4 nitrogen and oxygen atoms in total. The Kier molecular flexibility index (Phi) is 4.65. The molecule has 0 bridgehead atoms. The summed E-state index contributed by atoms with van der Waals surface area (Å²) in [5, 5.41) is 13.0. The van der Waals surface area contributed by atoms with Crippen LogP contribution in [0, 0.1) is 5.92 Å². The Morgan fingerprint density at radius 1 is 1.45 bits per heavy atom. The number of benzene rings is 1. The first-order valence-corrected chi connectivity index (χ1v) is 7.31. The summed E-state index contributed by atoms with van der Waals surface area (Å²) >= 11 is 0. The smallest absolute Gasteiger partial charge is 0.221 e. The molecule has 0 spiro atoms. The van der Waals surface area contributed by atoms with Crippen molar-refractivity contribution >= 4 is 17.3 Å². The van der Waals surface area contributed by atoms with Gasteiger partial charge < -0.3 is 15.3 Å². The highest BCUT2D eigenvalue weighted by Gasteiger charge is 2.22. The van der Waals surface area contributed by atoms with Crippen molar-refractivity contribution in [2.45, 2.75) is 39.7 Å². The molecule has 1 aromatic rings. The van der Waals surface area contributed by atoms with Crippen molar-refractivity contribution in [2.24, 2.45) is 5.92 Å². The monoisotopic (exact) mass is 276 g/mol. The Balaban J connectivity index is 2.25. The highest BCUT2D eigenvalue weighted by atomic mass is 16.3. The van der Waals surface area contributed by atoms with Gasteiger partial charge in [0.2, 0.25) is 5.91 Å². The molecular weight excluding hydrogens is 252 g/mol. The summed E-state index contributed by atoms with van der Waals surface area (Å²) in [6, 6.07) is 5.99. The average molecular weight is 276 g/mol. The number of β-amino-alcohol motifs (C(OH)–C–C–N with tert-alkyl or cyclic N) is 1. The Morgan fingerprint density at radius 2 is 2.20 bits per heavy atom. The van der Waals surface area contributed by atoms with E-state index in [1.54, 1.807) is 0 Å². The summed E-state index contributed by atoms with van der Waals surface area (Å²) in [7, 11) is 0. The van der Waals surface area contributed by atoms with E-state index in [0.717, 1.165) is 30.8 Å². The minimum Gasteiger partial charge on any atom is -0.391 e. The quantitative estimate of drug-likeness (QED) is 0.888. The number of amides is 1. The third-order valence-corrected chi connectivity index (χ3v) is 3.83. The lowest BCUT2D eigenvalue weighted by atomic mass is 9.98. The molecule has 0 saturated carbocycles. The number of carbonyl (C=O) groups excluding carboxylic acids is 1. The molecule has 0 fully saturated rings. The number of fused-ring (bicyclic) bond motifs is 1. The maximum Gasteiger partial charge on any atom is 0.221 e. The van der Waals surface area contributed by atoms with Gasteiger partial charge in [0.1, 0.15) is 0 Å². The predicted octanol–water partition coefficient (Wildman–Crippen LogP) is 2.41. The van der Waals surface area contributed by atoms with Gasteiger partial charge in [0, 0.05) is 31.4 Å². The fraction of sp³-hybridized carbons (Fsp3) is 0.562. The van der Waals surface area contributed by atoms with Crippen LogP contribution in [-0.2, 0) is 11.2 Å². The van der Waals surface area contributed by atoms with Gasteiger partial charge in [-0.25, -0.2) is 0 Å². The topological polar surface area (TPSA) is 52.6 Å². The number of anilines is 2. The van der Waals surface area contributed by atoms with Crippen LogP contribution in [0.25, 0.3) is 0 Å². The summed E-state index contributed by atoms with van der Waals surface area (Å²) < 4.78 is 0. The summed E-state index contributed by atoms with van der Waals surface area (Å²) in [5.41, 5.74) is 3.23. The highest BCUT2D eigenvalue weighted by Crippen LogP contribution is 2.33. The predicted molar refractivity (Wildman–Crippen MR) is 82.1 cm³/mol. The van der Waals surface area contributed by atoms with Crippen LogP contribution in [-0.4, -0.2) is 30.2 Å². The Bertz CT molecular complexity index is 485. The van der Waals surface area contributed by atoms with Crippen molar-refractivity contribution in [2.75, 3.05) is 23.3 Å². The maximum absolute atomic E-state index is 11.3. The molecule has 1 amide bonds. The largest absolute Gasteiger partial charge is 0.391 e. The van der Waals surface area contributed by atoms with E-state index in [-0.39, 0.29) is 17.9 Å². The molecule has 1 unspecified atom stereocenters. The Hall–Kier alpha value is -1.55. The number of hydrogen-bond acceptors (Lipinski definition) is 3. The van der Waals surface area contributed by atoms with E-state index in [1.165, 1.54) is 12.5 Å². The molecule has 0 radical (unpaired) electrons. The fourth-order valence-electron chi connectivity index (χ4n) is 2.63. The first kappa shape index (κ1) is 14.9. The van der Waals surface area contributed by atoms with Crippen molar-refractivity contribution in [3.63, 3.8) is 0 Å². The SMILES string of the molecule is CC(=O)Nc1cccc2c1CCCN2CC(O)C(C)C. The third-order valence-electron chi connectivity index (χ3n) is 3.83. The van der Waals surface area contributed by atoms with Crippen molar-refractivity contribution in [1.82, 2.24) is 0 Å². The molecule has 2 rings (SSSR count). The summed E-state index contributed by atoms with van der Waals surface area (Å²) in [6.45, 7) is 7.20. The van der Waals surface area contributed by atoms with Gasteiger partial charge in [-0.3, -0.25) is 4.79 Å². The second-order valence-corrected chi connectivity index (χ2v) is 5.85. The standard InChI is InChI=1S/C16H24N2O2/c1-11(2)16(20)10-18-9-5-6-13-14(17-12(3)19)7-4-8-15(13)18/h4,7-8,11,16,20H,5-6,9-10H2,1-3H3,(H,17,19). The lowest BCUT2D eigenvalue weighted by Gasteiger charge is -2.34. The number of aliphatic hydroxyl groups is 1. The molecule has 0 saturated heterocycles. The molecule has 2 N–H and O–H groups in total. The summed E-state index contributed by atoms with van der Waals surface area (Å²) in [5.74, 6) is 0.205. The van der Waals surface area contributed by atoms with Gasteiger partial charge in [0.05, 0.1) is 6.10 Å². The second kappa shape index (κ2) is 6.27. The fourth-order valence-corrected chi connectivity index (χ4v) is 2.63. The number of aliphatic hydroxyl groups excluding tert-OH is 1. The van der Waals surface area contributed by atoms with Crippen LogP contribution in [0.15, 0.2) is 18.2 Å². The van der Waals surface area contributed by atoms with Crippen molar-refractivity contribution in [3.8, 4) is 0 Å². The molecule has 4 heteroatoms. The van der Waals surface area contributed by atoms with Crippen molar-refractivity contribution < 1.29 is 9.90 Å². The van der Waals surface area contributed by atoms with Gasteiger partial charge in [-0.15, -0.1) is 0 Å². The Morgan fingerprint density at radius 3 is 2.85 bits per heavy atom. The highest BCUT2D eigenvalue weighted by molar-refractivity contribution is 5.90. The average Bonchev–Trinajstić information content (AvgIpc) is 2.39. The number of carbonyl (C=O) groups is 1. The van der Waals surface area contributed by atoms with Gasteiger partial charge in [-0.1, -0.05) is 19.9 Å². The molecule has 1 heterocycles. The molecule has 110 valence electrons. The lowest BCUT2D eigenvalue weighted by Crippen LogP contribution is -2.38. The molecule has 1 atom stereocenters. The van der Waals surface area contributed by atoms with Crippen LogP contribution >= 0.6 is 0 Å². The van der Waals surface area contributed by atoms with Gasteiger partial charge in [0.25, 0.3) is 0 Å². The Labute approximate surface area is 120 Å². The van der Waals surface area contributed by atoms with Crippen molar-refractivity contribution in [3.05, 3.63) is 23.8 Å². The van der Waals surface area contributed by atoms with Crippen LogP contribution in [0.4, 0.5) is 11.4 Å². The van der Waals surface area contributed by atoms with E-state index < -0.39 is 0 Å². The normalized spacial score (nSPS) is 15.9. The van der Waals surface area contributed by atoms with Crippen molar-refractivity contribution in [1.29, 1.82) is 0 Å². The molecule has 1 aromatic carbocycles. The number of nitrogens with zero attached hydrogens (tertiary/aromatic N) is 1. The molecule has 1 aliphatic rings. The minimum absolute atomic E-state index is 0.0438. The molecule has 1 aliphatic heterocycles. The van der Waals surface area contributed by atoms with Crippen LogP contribution in [0.2, 0.25) is 0 Å². The number of hydrogen-bond donors (Lipinski definition) is 2. The zero-order valence-corrected chi connectivity index (χ0v) is 12.5. The number of nitrogens with one attached hydrogen (secondary N) is 1. The van der Waals surface area contributed by atoms with Crippen LogP contribution < -0.4 is 10.2 Å². The van der Waals surface area contributed by atoms with Gasteiger partial charge in [-0.2, -0.15) is 0 Å². The molecule has 20 heavy (non-hydrogen) atoms. The van der Waals surface area contributed by atoms with Gasteiger partial charge >= 0.3 is 0 Å². The minimum atomic E-state index is -0.328. The van der Waals surface area contributed by atoms with E-state index in [0.29, 0.717) is 6.54 Å². The van der Waals surface area contributed by atoms with Crippen LogP contribution in [0.5, 0.6) is 0 Å². The molecule has 0 aliphatic carbocycles. The first-order chi connectivity index (χ1) is 9.49. The van der Waals surface area contributed by atoms with Crippen LogP contribution in [0.1, 0.15) is 32.8 Å².